The average molecular weight is 282 g/mol. The molecule has 1 fully saturated rings. The predicted octanol–water partition coefficient (Wildman–Crippen LogP) is 2.61. The number of nitrogens with one attached hydrogen (secondary N) is 2. The molecule has 0 saturated carbocycles. The van der Waals surface area contributed by atoms with Crippen molar-refractivity contribution in [3.8, 4) is 0 Å². The van der Waals surface area contributed by atoms with E-state index in [2.05, 4.69) is 20.6 Å². The molecule has 0 spiro atoms. The number of rotatable bonds is 6. The Morgan fingerprint density at radius 1 is 1.37 bits per heavy atom. The van der Waals surface area contributed by atoms with Crippen LogP contribution in [0.15, 0.2) is 11.2 Å². The Morgan fingerprint density at radius 3 is 2.89 bits per heavy atom. The van der Waals surface area contributed by atoms with E-state index < -0.39 is 0 Å². The Kier molecular flexibility index (Phi) is 5.72. The molecular formula is C13H22N4OS. The molecule has 2 heterocycles. The molecule has 2 rings (SSSR count). The van der Waals surface area contributed by atoms with Gasteiger partial charge < -0.3 is 15.4 Å². The van der Waals surface area contributed by atoms with E-state index in [1.54, 1.807) is 11.8 Å². The van der Waals surface area contributed by atoms with Crippen molar-refractivity contribution < 1.29 is 4.74 Å². The molecule has 1 aromatic rings. The molecule has 6 heteroatoms. The number of hydrogen-bond acceptors (Lipinski definition) is 6. The molecule has 0 amide bonds. The van der Waals surface area contributed by atoms with Crippen molar-refractivity contribution in [3.05, 3.63) is 6.07 Å². The summed E-state index contributed by atoms with van der Waals surface area (Å²) < 4.78 is 5.72. The van der Waals surface area contributed by atoms with Gasteiger partial charge in [0, 0.05) is 26.3 Å². The molecular weight excluding hydrogens is 260 g/mol. The van der Waals surface area contributed by atoms with E-state index in [0.717, 1.165) is 36.4 Å². The molecule has 1 unspecified atom stereocenters. The summed E-state index contributed by atoms with van der Waals surface area (Å²) in [7, 11) is 1.87. The minimum atomic E-state index is 0.409. The highest BCUT2D eigenvalue weighted by molar-refractivity contribution is 7.98. The van der Waals surface area contributed by atoms with Crippen molar-refractivity contribution in [2.45, 2.75) is 36.9 Å². The van der Waals surface area contributed by atoms with Gasteiger partial charge in [0.1, 0.15) is 11.6 Å². The topological polar surface area (TPSA) is 59.1 Å². The summed E-state index contributed by atoms with van der Waals surface area (Å²) in [6.45, 7) is 1.80. The highest BCUT2D eigenvalue weighted by atomic mass is 32.2. The Labute approximate surface area is 118 Å². The van der Waals surface area contributed by atoms with Gasteiger partial charge in [-0.25, -0.2) is 9.97 Å². The molecule has 1 aliphatic heterocycles. The lowest BCUT2D eigenvalue weighted by atomic mass is 10.1. The lowest BCUT2D eigenvalue weighted by Gasteiger charge is -2.22. The fraction of sp³-hybridized carbons (Fsp3) is 0.692. The zero-order chi connectivity index (χ0) is 13.5. The quantitative estimate of drug-likeness (QED) is 0.618. The van der Waals surface area contributed by atoms with Gasteiger partial charge in [0.15, 0.2) is 5.16 Å². The second-order valence-electron chi connectivity index (χ2n) is 4.58. The van der Waals surface area contributed by atoms with Gasteiger partial charge >= 0.3 is 0 Å². The number of aromatic nitrogens is 2. The zero-order valence-corrected chi connectivity index (χ0v) is 12.4. The van der Waals surface area contributed by atoms with Crippen molar-refractivity contribution >= 4 is 23.4 Å². The largest absolute Gasteiger partial charge is 0.378 e. The summed E-state index contributed by atoms with van der Waals surface area (Å²) in [6, 6.07) is 1.93. The molecule has 2 N–H and O–H groups in total. The summed E-state index contributed by atoms with van der Waals surface area (Å²) in [6.07, 6.45) is 7.11. The van der Waals surface area contributed by atoms with Crippen LogP contribution in [0, 0.1) is 0 Å². The van der Waals surface area contributed by atoms with Crippen molar-refractivity contribution in [2.24, 2.45) is 0 Å². The molecule has 0 radical (unpaired) electrons. The van der Waals surface area contributed by atoms with Crippen molar-refractivity contribution in [1.29, 1.82) is 0 Å². The Hall–Kier alpha value is -1.01. The Morgan fingerprint density at radius 2 is 2.21 bits per heavy atom. The fourth-order valence-corrected chi connectivity index (χ4v) is 2.51. The van der Waals surface area contributed by atoms with E-state index in [-0.39, 0.29) is 0 Å². The van der Waals surface area contributed by atoms with Crippen LogP contribution in [0.2, 0.25) is 0 Å². The molecule has 1 saturated heterocycles. The molecule has 0 bridgehead atoms. The van der Waals surface area contributed by atoms with Gasteiger partial charge in [-0.3, -0.25) is 0 Å². The summed E-state index contributed by atoms with van der Waals surface area (Å²) in [4.78, 5) is 8.79. The van der Waals surface area contributed by atoms with Crippen molar-refractivity contribution in [1.82, 2.24) is 9.97 Å². The van der Waals surface area contributed by atoms with Gasteiger partial charge in [-0.15, -0.1) is 0 Å². The molecule has 5 nitrogen and oxygen atoms in total. The van der Waals surface area contributed by atoms with Crippen LogP contribution in [0.3, 0.4) is 0 Å². The number of anilines is 2. The lowest BCUT2D eigenvalue weighted by Crippen LogP contribution is -2.22. The van der Waals surface area contributed by atoms with E-state index in [1.165, 1.54) is 19.3 Å². The standard InChI is InChI=1S/C13H22N4OS/c1-14-11-9-12(17-13(16-11)19-2)15-7-6-10-5-3-4-8-18-10/h9-10H,3-8H2,1-2H3,(H2,14,15,16,17). The van der Waals surface area contributed by atoms with Crippen LogP contribution in [0.5, 0.6) is 0 Å². The third-order valence-electron chi connectivity index (χ3n) is 3.19. The van der Waals surface area contributed by atoms with Gasteiger partial charge in [0.25, 0.3) is 0 Å². The highest BCUT2D eigenvalue weighted by Crippen LogP contribution is 2.18. The number of nitrogens with zero attached hydrogens (tertiary/aromatic N) is 2. The van der Waals surface area contributed by atoms with Crippen LogP contribution in [0.25, 0.3) is 0 Å². The molecule has 0 aromatic carbocycles. The number of hydrogen-bond donors (Lipinski definition) is 2. The molecule has 0 aliphatic carbocycles. The van der Waals surface area contributed by atoms with Crippen LogP contribution in [0.4, 0.5) is 11.6 Å². The zero-order valence-electron chi connectivity index (χ0n) is 11.6. The van der Waals surface area contributed by atoms with E-state index in [4.69, 9.17) is 4.74 Å². The second-order valence-corrected chi connectivity index (χ2v) is 5.35. The maximum Gasteiger partial charge on any atom is 0.191 e. The maximum atomic E-state index is 5.72. The summed E-state index contributed by atoms with van der Waals surface area (Å²) in [5, 5.41) is 7.19. The third kappa shape index (κ3) is 4.54. The van der Waals surface area contributed by atoms with Crippen molar-refractivity contribution in [2.75, 3.05) is 37.1 Å². The maximum absolute atomic E-state index is 5.72. The third-order valence-corrected chi connectivity index (χ3v) is 3.74. The van der Waals surface area contributed by atoms with Gasteiger partial charge in [-0.1, -0.05) is 11.8 Å². The van der Waals surface area contributed by atoms with Crippen LogP contribution >= 0.6 is 11.8 Å². The second kappa shape index (κ2) is 7.55. The monoisotopic (exact) mass is 282 g/mol. The first-order chi connectivity index (χ1) is 9.31. The molecule has 1 aromatic heterocycles. The van der Waals surface area contributed by atoms with Crippen LogP contribution in [-0.2, 0) is 4.74 Å². The minimum absolute atomic E-state index is 0.409. The lowest BCUT2D eigenvalue weighted by molar-refractivity contribution is 0.0134. The fourth-order valence-electron chi connectivity index (χ4n) is 2.13. The average Bonchev–Trinajstić information content (AvgIpc) is 2.48. The van der Waals surface area contributed by atoms with E-state index in [9.17, 15) is 0 Å². The van der Waals surface area contributed by atoms with E-state index in [0.29, 0.717) is 6.10 Å². The van der Waals surface area contributed by atoms with E-state index in [1.807, 2.05) is 19.4 Å². The summed E-state index contributed by atoms with van der Waals surface area (Å²) >= 11 is 1.55. The van der Waals surface area contributed by atoms with Crippen LogP contribution < -0.4 is 10.6 Å². The first-order valence-electron chi connectivity index (χ1n) is 6.78. The van der Waals surface area contributed by atoms with Gasteiger partial charge in [0.2, 0.25) is 0 Å². The molecule has 106 valence electrons. The van der Waals surface area contributed by atoms with Crippen molar-refractivity contribution in [3.63, 3.8) is 0 Å². The Balaban J connectivity index is 1.84. The highest BCUT2D eigenvalue weighted by Gasteiger charge is 2.13. The normalized spacial score (nSPS) is 19.2. The summed E-state index contributed by atoms with van der Waals surface area (Å²) in [5.41, 5.74) is 0. The Bertz CT molecular complexity index is 374. The number of ether oxygens (including phenoxy) is 1. The predicted molar refractivity (Wildman–Crippen MR) is 80.1 cm³/mol. The SMILES string of the molecule is CNc1cc(NCCC2CCCCO2)nc(SC)n1. The summed E-state index contributed by atoms with van der Waals surface area (Å²) in [5.74, 6) is 1.72. The smallest absolute Gasteiger partial charge is 0.191 e. The van der Waals surface area contributed by atoms with Crippen LogP contribution in [-0.4, -0.2) is 42.5 Å². The van der Waals surface area contributed by atoms with Gasteiger partial charge in [-0.05, 0) is 31.9 Å². The molecule has 19 heavy (non-hydrogen) atoms. The molecule has 1 aliphatic rings. The van der Waals surface area contributed by atoms with Crippen LogP contribution in [0.1, 0.15) is 25.7 Å². The van der Waals surface area contributed by atoms with Gasteiger partial charge in [-0.2, -0.15) is 0 Å². The molecule has 1 atom stereocenters. The first kappa shape index (κ1) is 14.4. The number of thioether (sulfide) groups is 1. The minimum Gasteiger partial charge on any atom is -0.378 e. The first-order valence-corrected chi connectivity index (χ1v) is 8.00. The van der Waals surface area contributed by atoms with E-state index >= 15 is 0 Å². The van der Waals surface area contributed by atoms with Gasteiger partial charge in [0.05, 0.1) is 6.10 Å².